The van der Waals surface area contributed by atoms with Crippen LogP contribution in [0.4, 0.5) is 5.82 Å². The number of amides is 1. The van der Waals surface area contributed by atoms with Gasteiger partial charge in [-0.15, -0.1) is 0 Å². The highest BCUT2D eigenvalue weighted by atomic mass is 16.2. The van der Waals surface area contributed by atoms with Crippen molar-refractivity contribution in [2.24, 2.45) is 0 Å². The number of hydrogen-bond acceptors (Lipinski definition) is 4. The van der Waals surface area contributed by atoms with E-state index in [0.29, 0.717) is 24.6 Å². The predicted molar refractivity (Wildman–Crippen MR) is 65.6 cm³/mol. The van der Waals surface area contributed by atoms with Crippen molar-refractivity contribution in [3.8, 4) is 0 Å². The number of rotatable bonds is 1. The first-order valence-corrected chi connectivity index (χ1v) is 5.76. The Morgan fingerprint density at radius 3 is 3.06 bits per heavy atom. The fraction of sp³-hybridized carbons (Fsp3) is 0.250. The van der Waals surface area contributed by atoms with Crippen LogP contribution in [0.15, 0.2) is 30.6 Å². The number of nitrogens with two attached hydrogens (primary N) is 1. The number of carbonyl (C=O) groups excluding carboxylic acids is 1. The Morgan fingerprint density at radius 2 is 2.22 bits per heavy atom. The van der Waals surface area contributed by atoms with Crippen LogP contribution in [-0.4, -0.2) is 31.9 Å². The number of nitrogen functional groups attached to an aromatic ring is 1. The van der Waals surface area contributed by atoms with E-state index in [2.05, 4.69) is 14.5 Å². The van der Waals surface area contributed by atoms with Crippen LogP contribution >= 0.6 is 0 Å². The zero-order chi connectivity index (χ0) is 12.5. The number of fused-ring (bicyclic) bond motifs is 1. The van der Waals surface area contributed by atoms with Crippen LogP contribution in [0.5, 0.6) is 0 Å². The van der Waals surface area contributed by atoms with Crippen LogP contribution < -0.4 is 5.73 Å². The summed E-state index contributed by atoms with van der Waals surface area (Å²) in [6, 6.07) is 5.08. The molecule has 0 radical (unpaired) electrons. The molecule has 0 fully saturated rings. The molecule has 1 amide bonds. The Hall–Kier alpha value is -2.37. The lowest BCUT2D eigenvalue weighted by molar-refractivity contribution is 0.0701. The van der Waals surface area contributed by atoms with Crippen molar-refractivity contribution < 1.29 is 4.79 Å². The third kappa shape index (κ3) is 1.81. The maximum atomic E-state index is 12.3. The van der Waals surface area contributed by atoms with Crippen molar-refractivity contribution in [2.45, 2.75) is 13.1 Å². The molecule has 0 saturated carbocycles. The average molecular weight is 243 g/mol. The zero-order valence-electron chi connectivity index (χ0n) is 9.78. The molecule has 6 nitrogen and oxygen atoms in total. The number of hydrogen-bond donors (Lipinski definition) is 1. The first-order chi connectivity index (χ1) is 8.74. The van der Waals surface area contributed by atoms with Gasteiger partial charge in [0.1, 0.15) is 17.3 Å². The topological polar surface area (TPSA) is 77.0 Å². The van der Waals surface area contributed by atoms with E-state index in [1.54, 1.807) is 29.3 Å². The van der Waals surface area contributed by atoms with Gasteiger partial charge in [-0.1, -0.05) is 6.07 Å². The molecule has 3 heterocycles. The third-order valence-electron chi connectivity index (χ3n) is 3.02. The highest BCUT2D eigenvalue weighted by molar-refractivity contribution is 5.92. The van der Waals surface area contributed by atoms with Gasteiger partial charge in [0.25, 0.3) is 5.91 Å². The summed E-state index contributed by atoms with van der Waals surface area (Å²) >= 11 is 0. The molecular formula is C12H13N5O. The van der Waals surface area contributed by atoms with E-state index in [1.807, 2.05) is 6.20 Å². The normalized spacial score (nSPS) is 14.3. The Morgan fingerprint density at radius 1 is 1.33 bits per heavy atom. The lowest BCUT2D eigenvalue weighted by Crippen LogP contribution is -2.38. The molecule has 2 N–H and O–H groups in total. The molecule has 0 bridgehead atoms. The van der Waals surface area contributed by atoms with Gasteiger partial charge in [0.2, 0.25) is 0 Å². The molecule has 1 aliphatic heterocycles. The summed E-state index contributed by atoms with van der Waals surface area (Å²) < 4.78 is 2.05. The van der Waals surface area contributed by atoms with E-state index in [0.717, 1.165) is 12.4 Å². The van der Waals surface area contributed by atoms with Crippen molar-refractivity contribution in [3.05, 3.63) is 42.1 Å². The molecule has 3 rings (SSSR count). The van der Waals surface area contributed by atoms with Gasteiger partial charge in [-0.2, -0.15) is 0 Å². The van der Waals surface area contributed by atoms with Gasteiger partial charge in [0.15, 0.2) is 0 Å². The van der Waals surface area contributed by atoms with E-state index in [-0.39, 0.29) is 5.91 Å². The number of nitrogens with zero attached hydrogens (tertiary/aromatic N) is 4. The molecule has 0 atom stereocenters. The lowest BCUT2D eigenvalue weighted by atomic mass is 10.2. The Kier molecular flexibility index (Phi) is 2.47. The summed E-state index contributed by atoms with van der Waals surface area (Å²) in [5.74, 6) is 1.16. The standard InChI is InChI=1S/C12H13N5O/c13-10-3-1-2-9(15-10)12(18)17-7-6-16-5-4-14-11(16)8-17/h1-5H,6-8H2,(H2,13,15). The maximum absolute atomic E-state index is 12.3. The monoisotopic (exact) mass is 243 g/mol. The van der Waals surface area contributed by atoms with E-state index < -0.39 is 0 Å². The van der Waals surface area contributed by atoms with Gasteiger partial charge in [0, 0.05) is 25.5 Å². The summed E-state index contributed by atoms with van der Waals surface area (Å²) in [4.78, 5) is 22.3. The largest absolute Gasteiger partial charge is 0.384 e. The Labute approximate surface area is 104 Å². The predicted octanol–water partition coefficient (Wildman–Crippen LogP) is 0.516. The number of carbonyl (C=O) groups is 1. The number of anilines is 1. The summed E-state index contributed by atoms with van der Waals surface area (Å²) in [7, 11) is 0. The van der Waals surface area contributed by atoms with Gasteiger partial charge in [0.05, 0.1) is 6.54 Å². The maximum Gasteiger partial charge on any atom is 0.273 e. The van der Waals surface area contributed by atoms with E-state index in [1.165, 1.54) is 0 Å². The second-order valence-corrected chi connectivity index (χ2v) is 4.21. The van der Waals surface area contributed by atoms with Gasteiger partial charge < -0.3 is 15.2 Å². The molecular weight excluding hydrogens is 230 g/mol. The van der Waals surface area contributed by atoms with Crippen molar-refractivity contribution in [1.29, 1.82) is 0 Å². The van der Waals surface area contributed by atoms with Crippen molar-refractivity contribution in [1.82, 2.24) is 19.4 Å². The minimum atomic E-state index is -0.100. The molecule has 2 aromatic heterocycles. The zero-order valence-corrected chi connectivity index (χ0v) is 9.78. The molecule has 1 aliphatic rings. The summed E-state index contributed by atoms with van der Waals surface area (Å²) in [5.41, 5.74) is 5.97. The second kappa shape index (κ2) is 4.14. The number of pyridine rings is 1. The first kappa shape index (κ1) is 10.8. The summed E-state index contributed by atoms with van der Waals surface area (Å²) in [6.07, 6.45) is 3.68. The fourth-order valence-electron chi connectivity index (χ4n) is 2.08. The van der Waals surface area contributed by atoms with E-state index >= 15 is 0 Å². The molecule has 92 valence electrons. The van der Waals surface area contributed by atoms with E-state index in [4.69, 9.17) is 5.73 Å². The average Bonchev–Trinajstić information content (AvgIpc) is 2.85. The van der Waals surface area contributed by atoms with Gasteiger partial charge in [-0.25, -0.2) is 9.97 Å². The van der Waals surface area contributed by atoms with Crippen molar-refractivity contribution >= 4 is 11.7 Å². The lowest BCUT2D eigenvalue weighted by Gasteiger charge is -2.27. The third-order valence-corrected chi connectivity index (χ3v) is 3.02. The summed E-state index contributed by atoms with van der Waals surface area (Å²) in [6.45, 7) is 1.95. The second-order valence-electron chi connectivity index (χ2n) is 4.21. The molecule has 0 saturated heterocycles. The van der Waals surface area contributed by atoms with E-state index in [9.17, 15) is 4.79 Å². The molecule has 0 spiro atoms. The highest BCUT2D eigenvalue weighted by Gasteiger charge is 2.22. The molecule has 0 aliphatic carbocycles. The number of imidazole rings is 1. The van der Waals surface area contributed by atoms with Gasteiger partial charge in [-0.05, 0) is 12.1 Å². The van der Waals surface area contributed by atoms with Gasteiger partial charge in [-0.3, -0.25) is 4.79 Å². The molecule has 18 heavy (non-hydrogen) atoms. The summed E-state index contributed by atoms with van der Waals surface area (Å²) in [5, 5.41) is 0. The van der Waals surface area contributed by atoms with Crippen molar-refractivity contribution in [3.63, 3.8) is 0 Å². The molecule has 2 aromatic rings. The van der Waals surface area contributed by atoms with Gasteiger partial charge >= 0.3 is 0 Å². The molecule has 0 unspecified atom stereocenters. The Bertz CT molecular complexity index is 592. The first-order valence-electron chi connectivity index (χ1n) is 5.76. The Balaban J connectivity index is 1.83. The molecule has 6 heteroatoms. The molecule has 0 aromatic carbocycles. The van der Waals surface area contributed by atoms with Crippen molar-refractivity contribution in [2.75, 3.05) is 12.3 Å². The van der Waals surface area contributed by atoms with Crippen LogP contribution in [0.25, 0.3) is 0 Å². The van der Waals surface area contributed by atoms with Crippen LogP contribution in [-0.2, 0) is 13.1 Å². The minimum absolute atomic E-state index is 0.100. The van der Waals surface area contributed by atoms with Crippen LogP contribution in [0.1, 0.15) is 16.3 Å². The smallest absolute Gasteiger partial charge is 0.273 e. The van der Waals surface area contributed by atoms with Crippen LogP contribution in [0.2, 0.25) is 0 Å². The van der Waals surface area contributed by atoms with Crippen LogP contribution in [0.3, 0.4) is 0 Å². The quantitative estimate of drug-likeness (QED) is 0.792. The fourth-order valence-corrected chi connectivity index (χ4v) is 2.08. The number of aromatic nitrogens is 3. The highest BCUT2D eigenvalue weighted by Crippen LogP contribution is 2.13. The minimum Gasteiger partial charge on any atom is -0.384 e. The van der Waals surface area contributed by atoms with Crippen LogP contribution in [0, 0.1) is 0 Å². The SMILES string of the molecule is Nc1cccc(C(=O)N2CCn3ccnc3C2)n1.